The number of ether oxygens (including phenoxy) is 1. The Bertz CT molecular complexity index is 743. The van der Waals surface area contributed by atoms with Crippen LogP contribution in [-0.4, -0.2) is 35.2 Å². The number of imidazole rings is 1. The maximum absolute atomic E-state index is 14.3. The maximum atomic E-state index is 14.3. The lowest BCUT2D eigenvalue weighted by atomic mass is 10.1. The Morgan fingerprint density at radius 2 is 2.30 bits per heavy atom. The Morgan fingerprint density at radius 1 is 1.44 bits per heavy atom. The van der Waals surface area contributed by atoms with Crippen molar-refractivity contribution in [3.05, 3.63) is 48.3 Å². The first-order chi connectivity index (χ1) is 13.2. The summed E-state index contributed by atoms with van der Waals surface area (Å²) in [5.74, 6) is 1.33. The standard InChI is InChI=1S/C20H28FN5O/c1-3-23-20(24-9-11-26-10-8-22-14-26)25-15(2)17-6-7-19(18(21)12-17)27-13-16-4-5-16/h6-8,10,12,14-16H,3-5,9,11,13H2,1-2H3,(H2,23,24,25). The number of rotatable bonds is 9. The molecule has 0 radical (unpaired) electrons. The van der Waals surface area contributed by atoms with Gasteiger partial charge in [-0.15, -0.1) is 0 Å². The van der Waals surface area contributed by atoms with Crippen LogP contribution in [0.5, 0.6) is 5.75 Å². The molecule has 0 spiro atoms. The van der Waals surface area contributed by atoms with E-state index in [-0.39, 0.29) is 11.9 Å². The Balaban J connectivity index is 1.56. The molecule has 3 rings (SSSR count). The van der Waals surface area contributed by atoms with Crippen molar-refractivity contribution in [3.8, 4) is 5.75 Å². The van der Waals surface area contributed by atoms with E-state index in [2.05, 4.69) is 20.6 Å². The van der Waals surface area contributed by atoms with E-state index in [4.69, 9.17) is 4.74 Å². The van der Waals surface area contributed by atoms with Crippen molar-refractivity contribution in [2.24, 2.45) is 10.9 Å². The van der Waals surface area contributed by atoms with E-state index in [1.165, 1.54) is 18.9 Å². The summed E-state index contributed by atoms with van der Waals surface area (Å²) in [7, 11) is 0. The summed E-state index contributed by atoms with van der Waals surface area (Å²) < 4.78 is 21.9. The second-order valence-corrected chi connectivity index (χ2v) is 6.87. The predicted molar refractivity (Wildman–Crippen MR) is 104 cm³/mol. The average molecular weight is 373 g/mol. The molecule has 2 aromatic rings. The second kappa shape index (κ2) is 9.39. The fourth-order valence-electron chi connectivity index (χ4n) is 2.70. The fourth-order valence-corrected chi connectivity index (χ4v) is 2.70. The van der Waals surface area contributed by atoms with Gasteiger partial charge in [0.15, 0.2) is 17.5 Å². The van der Waals surface area contributed by atoms with Crippen molar-refractivity contribution < 1.29 is 9.13 Å². The zero-order valence-corrected chi connectivity index (χ0v) is 16.0. The van der Waals surface area contributed by atoms with E-state index in [0.29, 0.717) is 30.8 Å². The van der Waals surface area contributed by atoms with E-state index in [9.17, 15) is 4.39 Å². The van der Waals surface area contributed by atoms with Crippen LogP contribution in [0.15, 0.2) is 41.9 Å². The van der Waals surface area contributed by atoms with Gasteiger partial charge < -0.3 is 19.9 Å². The third kappa shape index (κ3) is 5.98. The molecule has 0 saturated heterocycles. The summed E-state index contributed by atoms with van der Waals surface area (Å²) in [6, 6.07) is 5.07. The number of hydrogen-bond acceptors (Lipinski definition) is 3. The number of benzene rings is 1. The summed E-state index contributed by atoms with van der Waals surface area (Å²) in [6.45, 7) is 6.75. The Hall–Kier alpha value is -2.57. The fraction of sp³-hybridized carbons (Fsp3) is 0.500. The van der Waals surface area contributed by atoms with E-state index in [0.717, 1.165) is 18.7 Å². The molecule has 2 N–H and O–H groups in total. The number of hydrogen-bond donors (Lipinski definition) is 2. The molecule has 1 heterocycles. The molecule has 7 heteroatoms. The number of aromatic nitrogens is 2. The molecule has 0 bridgehead atoms. The van der Waals surface area contributed by atoms with Gasteiger partial charge in [0.1, 0.15) is 0 Å². The SMILES string of the molecule is CCNC(=NCCn1ccnc1)NC(C)c1ccc(OCC2CC2)c(F)c1. The Kier molecular flexibility index (Phi) is 6.68. The van der Waals surface area contributed by atoms with Gasteiger partial charge >= 0.3 is 0 Å². The minimum absolute atomic E-state index is 0.0805. The van der Waals surface area contributed by atoms with Crippen molar-refractivity contribution >= 4 is 5.96 Å². The molecule has 1 fully saturated rings. The van der Waals surface area contributed by atoms with Crippen LogP contribution in [0.3, 0.4) is 0 Å². The van der Waals surface area contributed by atoms with Gasteiger partial charge in [0, 0.05) is 25.5 Å². The molecule has 1 aliphatic rings. The van der Waals surface area contributed by atoms with E-state index in [1.807, 2.05) is 30.7 Å². The van der Waals surface area contributed by atoms with Gasteiger partial charge in [0.05, 0.1) is 25.5 Å². The van der Waals surface area contributed by atoms with Crippen LogP contribution < -0.4 is 15.4 Å². The van der Waals surface area contributed by atoms with Crippen LogP contribution in [0.4, 0.5) is 4.39 Å². The van der Waals surface area contributed by atoms with Crippen molar-refractivity contribution in [3.63, 3.8) is 0 Å². The average Bonchev–Trinajstić information content (AvgIpc) is 3.34. The first kappa shape index (κ1) is 19.2. The number of nitrogens with one attached hydrogen (secondary N) is 2. The number of halogens is 1. The highest BCUT2D eigenvalue weighted by Gasteiger charge is 2.22. The van der Waals surface area contributed by atoms with Crippen molar-refractivity contribution in [1.29, 1.82) is 0 Å². The predicted octanol–water partition coefficient (Wildman–Crippen LogP) is 3.13. The normalized spacial score (nSPS) is 15.4. The van der Waals surface area contributed by atoms with Gasteiger partial charge in [-0.3, -0.25) is 4.99 Å². The molecule has 1 saturated carbocycles. The van der Waals surface area contributed by atoms with Crippen molar-refractivity contribution in [2.45, 2.75) is 39.3 Å². The van der Waals surface area contributed by atoms with E-state index < -0.39 is 0 Å². The van der Waals surface area contributed by atoms with Crippen LogP contribution in [0.25, 0.3) is 0 Å². The maximum Gasteiger partial charge on any atom is 0.191 e. The molecule has 1 unspecified atom stereocenters. The summed E-state index contributed by atoms with van der Waals surface area (Å²) >= 11 is 0. The van der Waals surface area contributed by atoms with Gasteiger partial charge in [0.25, 0.3) is 0 Å². The topological polar surface area (TPSA) is 63.5 Å². The third-order valence-corrected chi connectivity index (χ3v) is 4.51. The highest BCUT2D eigenvalue weighted by Crippen LogP contribution is 2.30. The van der Waals surface area contributed by atoms with Gasteiger partial charge in [-0.25, -0.2) is 9.37 Å². The first-order valence-electron chi connectivity index (χ1n) is 9.58. The molecule has 1 aromatic carbocycles. The van der Waals surface area contributed by atoms with Crippen LogP contribution >= 0.6 is 0 Å². The number of aliphatic imine (C=N–C) groups is 1. The molecular weight excluding hydrogens is 345 g/mol. The smallest absolute Gasteiger partial charge is 0.191 e. The summed E-state index contributed by atoms with van der Waals surface area (Å²) in [4.78, 5) is 8.60. The second-order valence-electron chi connectivity index (χ2n) is 6.87. The zero-order valence-electron chi connectivity index (χ0n) is 16.0. The van der Waals surface area contributed by atoms with Crippen LogP contribution in [0.2, 0.25) is 0 Å². The molecule has 0 aliphatic heterocycles. The molecule has 27 heavy (non-hydrogen) atoms. The van der Waals surface area contributed by atoms with Crippen LogP contribution in [-0.2, 0) is 6.54 Å². The monoisotopic (exact) mass is 373 g/mol. The lowest BCUT2D eigenvalue weighted by Gasteiger charge is -2.19. The van der Waals surface area contributed by atoms with E-state index in [1.54, 1.807) is 18.6 Å². The van der Waals surface area contributed by atoms with Crippen LogP contribution in [0, 0.1) is 11.7 Å². The highest BCUT2D eigenvalue weighted by atomic mass is 19.1. The van der Waals surface area contributed by atoms with Gasteiger partial charge in [0.2, 0.25) is 0 Å². The molecular formula is C20H28FN5O. The molecule has 1 aliphatic carbocycles. The van der Waals surface area contributed by atoms with Crippen molar-refractivity contribution in [2.75, 3.05) is 19.7 Å². The van der Waals surface area contributed by atoms with Gasteiger partial charge in [-0.05, 0) is 50.3 Å². The van der Waals surface area contributed by atoms with Gasteiger partial charge in [-0.2, -0.15) is 0 Å². The van der Waals surface area contributed by atoms with Crippen molar-refractivity contribution in [1.82, 2.24) is 20.2 Å². The lowest BCUT2D eigenvalue weighted by Crippen LogP contribution is -2.39. The summed E-state index contributed by atoms with van der Waals surface area (Å²) in [6.07, 6.45) is 7.81. The largest absolute Gasteiger partial charge is 0.490 e. The third-order valence-electron chi connectivity index (χ3n) is 4.51. The van der Waals surface area contributed by atoms with E-state index >= 15 is 0 Å². The quantitative estimate of drug-likeness (QED) is 0.524. The molecule has 1 atom stereocenters. The Labute approximate surface area is 159 Å². The lowest BCUT2D eigenvalue weighted by molar-refractivity contribution is 0.285. The number of guanidine groups is 1. The van der Waals surface area contributed by atoms with Gasteiger partial charge in [-0.1, -0.05) is 6.07 Å². The first-order valence-corrected chi connectivity index (χ1v) is 9.58. The van der Waals surface area contributed by atoms with Crippen LogP contribution in [0.1, 0.15) is 38.3 Å². The molecule has 0 amide bonds. The molecule has 1 aromatic heterocycles. The zero-order chi connectivity index (χ0) is 19.1. The summed E-state index contributed by atoms with van der Waals surface area (Å²) in [5, 5.41) is 6.55. The molecule has 6 nitrogen and oxygen atoms in total. The Morgan fingerprint density at radius 3 is 2.96 bits per heavy atom. The minimum Gasteiger partial charge on any atom is -0.490 e. The molecule has 146 valence electrons. The minimum atomic E-state index is -0.316. The summed E-state index contributed by atoms with van der Waals surface area (Å²) in [5.41, 5.74) is 0.853. The number of nitrogens with zero attached hydrogens (tertiary/aromatic N) is 3. The highest BCUT2D eigenvalue weighted by molar-refractivity contribution is 5.80.